The average molecular weight is 417 g/mol. The van der Waals surface area contributed by atoms with Crippen LogP contribution in [0.1, 0.15) is 86.0 Å². The Morgan fingerprint density at radius 1 is 1.36 bits per heavy atom. The summed E-state index contributed by atoms with van der Waals surface area (Å²) in [7, 11) is -3.91. The molecule has 7 heteroatoms. The van der Waals surface area contributed by atoms with Crippen LogP contribution in [-0.2, 0) is 13.6 Å². The smallest absolute Gasteiger partial charge is 0.302 e. The molecule has 0 spiro atoms. The van der Waals surface area contributed by atoms with E-state index in [1.807, 2.05) is 5.01 Å². The molecule has 0 bridgehead atoms. The van der Waals surface area contributed by atoms with Crippen LogP contribution in [0.25, 0.3) is 0 Å². The fraction of sp³-hybridized carbons (Fsp3) is 0.857. The largest absolute Gasteiger partial charge is 0.472 e. The van der Waals surface area contributed by atoms with Gasteiger partial charge in [0.25, 0.3) is 0 Å². The van der Waals surface area contributed by atoms with Crippen molar-refractivity contribution >= 4 is 14.5 Å². The summed E-state index contributed by atoms with van der Waals surface area (Å²) in [4.78, 5) is 9.78. The monoisotopic (exact) mass is 416 g/mol. The van der Waals surface area contributed by atoms with E-state index < -0.39 is 7.82 Å². The summed E-state index contributed by atoms with van der Waals surface area (Å²) in [6, 6.07) is 0. The van der Waals surface area contributed by atoms with Crippen molar-refractivity contribution in [1.29, 1.82) is 0 Å². The van der Waals surface area contributed by atoms with Crippen molar-refractivity contribution in [2.75, 3.05) is 13.2 Å². The van der Waals surface area contributed by atoms with Crippen LogP contribution in [0.4, 0.5) is 0 Å². The van der Waals surface area contributed by atoms with E-state index in [0.717, 1.165) is 51.5 Å². The minimum atomic E-state index is -3.91. The SMILES string of the molecule is C=NN(/C=C(\C)CCCCOP(=O)(O)OC1CCCC1)CC(C)(C)CC(C)C. The van der Waals surface area contributed by atoms with Crippen LogP contribution in [0.2, 0.25) is 0 Å². The Morgan fingerprint density at radius 3 is 2.57 bits per heavy atom. The number of rotatable bonds is 14. The Morgan fingerprint density at radius 2 is 2.00 bits per heavy atom. The number of phosphoric ester groups is 1. The number of nitrogens with zero attached hydrogens (tertiary/aromatic N) is 2. The Balaban J connectivity index is 2.30. The van der Waals surface area contributed by atoms with Crippen molar-refractivity contribution in [2.45, 2.75) is 92.1 Å². The summed E-state index contributed by atoms with van der Waals surface area (Å²) in [6.07, 6.45) is 9.35. The van der Waals surface area contributed by atoms with Crippen molar-refractivity contribution in [2.24, 2.45) is 16.4 Å². The number of hydrogen-bond acceptors (Lipinski definition) is 5. The van der Waals surface area contributed by atoms with Gasteiger partial charge in [0, 0.05) is 19.5 Å². The van der Waals surface area contributed by atoms with E-state index in [-0.39, 0.29) is 18.1 Å². The molecule has 1 aliphatic rings. The quantitative estimate of drug-likeness (QED) is 0.160. The summed E-state index contributed by atoms with van der Waals surface area (Å²) in [6.45, 7) is 15.8. The maximum atomic E-state index is 11.9. The van der Waals surface area contributed by atoms with Gasteiger partial charge in [0.2, 0.25) is 0 Å². The van der Waals surface area contributed by atoms with Gasteiger partial charge in [-0.1, -0.05) is 46.1 Å². The topological polar surface area (TPSA) is 71.4 Å². The van der Waals surface area contributed by atoms with Crippen molar-refractivity contribution in [3.63, 3.8) is 0 Å². The molecule has 164 valence electrons. The van der Waals surface area contributed by atoms with Crippen LogP contribution < -0.4 is 0 Å². The third-order valence-electron chi connectivity index (χ3n) is 4.91. The summed E-state index contributed by atoms with van der Waals surface area (Å²) in [5.41, 5.74) is 1.38. The molecule has 0 amide bonds. The van der Waals surface area contributed by atoms with E-state index in [2.05, 4.69) is 52.6 Å². The zero-order valence-corrected chi connectivity index (χ0v) is 19.4. The normalized spacial score (nSPS) is 18.5. The third kappa shape index (κ3) is 11.4. The van der Waals surface area contributed by atoms with Crippen molar-refractivity contribution in [3.8, 4) is 0 Å². The van der Waals surface area contributed by atoms with E-state index in [0.29, 0.717) is 12.3 Å². The number of hydrazone groups is 1. The first-order valence-corrected chi connectivity index (χ1v) is 12.1. The lowest BCUT2D eigenvalue weighted by molar-refractivity contribution is 0.106. The standard InChI is InChI=1S/C21H41N2O4P/c1-18(2)15-21(4,5)17-23(22-6)16-19(3)11-9-10-14-26-28(24,25)27-20-12-7-8-13-20/h16,18,20H,6-15,17H2,1-5H3,(H,24,25)/b19-16+. The summed E-state index contributed by atoms with van der Waals surface area (Å²) in [5, 5.41) is 6.06. The van der Waals surface area contributed by atoms with E-state index in [9.17, 15) is 9.46 Å². The van der Waals surface area contributed by atoms with Gasteiger partial charge in [0.15, 0.2) is 0 Å². The van der Waals surface area contributed by atoms with Gasteiger partial charge in [-0.3, -0.25) is 14.1 Å². The second-order valence-electron chi connectivity index (χ2n) is 9.25. The van der Waals surface area contributed by atoms with Crippen LogP contribution in [0, 0.1) is 11.3 Å². The second kappa shape index (κ2) is 12.1. The minimum Gasteiger partial charge on any atom is -0.302 e. The first-order valence-electron chi connectivity index (χ1n) is 10.6. The molecule has 0 aromatic rings. The Hall–Kier alpha value is -0.680. The highest BCUT2D eigenvalue weighted by atomic mass is 31.2. The van der Waals surface area contributed by atoms with Gasteiger partial charge < -0.3 is 4.89 Å². The lowest BCUT2D eigenvalue weighted by Crippen LogP contribution is -2.28. The van der Waals surface area contributed by atoms with Gasteiger partial charge >= 0.3 is 7.82 Å². The van der Waals surface area contributed by atoms with E-state index >= 15 is 0 Å². The predicted molar refractivity (Wildman–Crippen MR) is 116 cm³/mol. The molecule has 0 aromatic heterocycles. The van der Waals surface area contributed by atoms with Crippen LogP contribution in [0.15, 0.2) is 16.9 Å². The zero-order chi connectivity index (χ0) is 21.2. The minimum absolute atomic E-state index is 0.127. The maximum absolute atomic E-state index is 11.9. The molecule has 0 radical (unpaired) electrons. The van der Waals surface area contributed by atoms with Gasteiger partial charge in [-0.2, -0.15) is 5.10 Å². The highest BCUT2D eigenvalue weighted by Gasteiger charge is 2.28. The molecule has 1 fully saturated rings. The van der Waals surface area contributed by atoms with Crippen molar-refractivity contribution in [3.05, 3.63) is 11.8 Å². The molecule has 1 unspecified atom stereocenters. The molecule has 1 atom stereocenters. The van der Waals surface area contributed by atoms with Crippen LogP contribution >= 0.6 is 7.82 Å². The third-order valence-corrected chi connectivity index (χ3v) is 5.98. The van der Waals surface area contributed by atoms with Crippen molar-refractivity contribution in [1.82, 2.24) is 5.01 Å². The predicted octanol–water partition coefficient (Wildman–Crippen LogP) is 6.13. The van der Waals surface area contributed by atoms with E-state index in [1.54, 1.807) is 0 Å². The maximum Gasteiger partial charge on any atom is 0.472 e. The lowest BCUT2D eigenvalue weighted by atomic mass is 9.84. The molecule has 28 heavy (non-hydrogen) atoms. The molecule has 0 aromatic carbocycles. The molecular formula is C21H41N2O4P. The molecule has 0 heterocycles. The number of unbranched alkanes of at least 4 members (excludes halogenated alkanes) is 1. The van der Waals surface area contributed by atoms with Crippen LogP contribution in [-0.4, -0.2) is 35.9 Å². The number of phosphoric acid groups is 1. The lowest BCUT2D eigenvalue weighted by Gasteiger charge is -2.30. The number of allylic oxidation sites excluding steroid dienone is 1. The fourth-order valence-corrected chi connectivity index (χ4v) is 4.97. The molecule has 1 saturated carbocycles. The van der Waals surface area contributed by atoms with E-state index in [1.165, 1.54) is 5.57 Å². The van der Waals surface area contributed by atoms with Crippen molar-refractivity contribution < 1.29 is 18.5 Å². The summed E-state index contributed by atoms with van der Waals surface area (Å²) in [5.74, 6) is 0.645. The highest BCUT2D eigenvalue weighted by molar-refractivity contribution is 7.47. The van der Waals surface area contributed by atoms with Gasteiger partial charge in [-0.15, -0.1) is 0 Å². The summed E-state index contributed by atoms with van der Waals surface area (Å²) >= 11 is 0. The molecule has 0 saturated heterocycles. The van der Waals surface area contributed by atoms with Gasteiger partial charge in [0.05, 0.1) is 12.7 Å². The molecular weight excluding hydrogens is 375 g/mol. The van der Waals surface area contributed by atoms with Gasteiger partial charge in [-0.25, -0.2) is 4.57 Å². The highest BCUT2D eigenvalue weighted by Crippen LogP contribution is 2.47. The van der Waals surface area contributed by atoms with E-state index in [4.69, 9.17) is 9.05 Å². The Labute approximate surface area is 172 Å². The summed E-state index contributed by atoms with van der Waals surface area (Å²) < 4.78 is 22.3. The molecule has 6 nitrogen and oxygen atoms in total. The molecule has 1 rings (SSSR count). The molecule has 1 N–H and O–H groups in total. The Kier molecular flexibility index (Phi) is 11.0. The first-order chi connectivity index (χ1) is 13.0. The van der Waals surface area contributed by atoms with Gasteiger partial charge in [-0.05, 0) is 56.8 Å². The molecule has 0 aliphatic heterocycles. The van der Waals surface area contributed by atoms with Gasteiger partial charge in [0.1, 0.15) is 0 Å². The average Bonchev–Trinajstić information content (AvgIpc) is 3.04. The number of hydrogen-bond donors (Lipinski definition) is 1. The Bertz CT molecular complexity index is 543. The van der Waals surface area contributed by atoms with Crippen LogP contribution in [0.3, 0.4) is 0 Å². The fourth-order valence-electron chi connectivity index (χ4n) is 3.96. The second-order valence-corrected chi connectivity index (χ2v) is 10.7. The molecule has 1 aliphatic carbocycles. The zero-order valence-electron chi connectivity index (χ0n) is 18.5. The van der Waals surface area contributed by atoms with Crippen LogP contribution in [0.5, 0.6) is 0 Å². The first kappa shape index (κ1) is 25.4.